The van der Waals surface area contributed by atoms with E-state index in [1.807, 2.05) is 4.90 Å². The molecule has 0 saturated carbocycles. The van der Waals surface area contributed by atoms with Crippen LogP contribution in [0.5, 0.6) is 0 Å². The molecule has 0 fully saturated rings. The molecule has 1 N–H and O–H groups in total. The van der Waals surface area contributed by atoms with E-state index in [0.717, 1.165) is 18.2 Å². The van der Waals surface area contributed by atoms with Crippen LogP contribution in [0.4, 0.5) is 24.7 Å². The molecular formula is C19H17ClF3N3O3S. The van der Waals surface area contributed by atoms with Crippen LogP contribution in [-0.2, 0) is 14.6 Å². The number of halogens is 4. The van der Waals surface area contributed by atoms with Crippen molar-refractivity contribution in [3.63, 3.8) is 0 Å². The molecule has 0 spiro atoms. The number of hydrogen-bond donors (Lipinski definition) is 1. The van der Waals surface area contributed by atoms with E-state index in [1.165, 1.54) is 6.07 Å². The smallest absolute Gasteiger partial charge is 0.351 e. The van der Waals surface area contributed by atoms with Gasteiger partial charge in [-0.05, 0) is 24.3 Å². The number of alkyl halides is 3. The Hall–Kier alpha value is -2.59. The fraction of sp³-hybridized carbons (Fsp3) is 0.263. The average molecular weight is 460 g/mol. The first-order chi connectivity index (χ1) is 14.0. The topological polar surface area (TPSA) is 79.4 Å². The van der Waals surface area contributed by atoms with Crippen molar-refractivity contribution in [3.05, 3.63) is 59.3 Å². The standard InChI is InChI=1S/C19H17ClF3N3O3S/c1-12-11-26(17-14(20)5-4-9-24-17)10-8-13(12)18(27)25-15-6-2-3-7-16(15)30(28,29)19(21,22)23/h2-9,12H,10-11H2,1H3,(H,25,27)/t12-/m0/s1. The van der Waals surface area contributed by atoms with Crippen molar-refractivity contribution in [1.82, 2.24) is 4.98 Å². The second kappa shape index (κ2) is 8.27. The van der Waals surface area contributed by atoms with Crippen LogP contribution in [0.1, 0.15) is 6.92 Å². The number of sulfone groups is 1. The molecule has 2 heterocycles. The van der Waals surface area contributed by atoms with Crippen LogP contribution in [0.2, 0.25) is 5.02 Å². The average Bonchev–Trinajstić information content (AvgIpc) is 2.67. The van der Waals surface area contributed by atoms with Crippen molar-refractivity contribution in [2.45, 2.75) is 17.3 Å². The fourth-order valence-electron chi connectivity index (χ4n) is 3.14. The van der Waals surface area contributed by atoms with Gasteiger partial charge in [-0.2, -0.15) is 13.2 Å². The second-order valence-electron chi connectivity index (χ2n) is 6.67. The quantitative estimate of drug-likeness (QED) is 0.746. The van der Waals surface area contributed by atoms with E-state index in [0.29, 0.717) is 29.5 Å². The van der Waals surface area contributed by atoms with Gasteiger partial charge in [-0.25, -0.2) is 13.4 Å². The summed E-state index contributed by atoms with van der Waals surface area (Å²) < 4.78 is 62.5. The van der Waals surface area contributed by atoms with Crippen molar-refractivity contribution < 1.29 is 26.4 Å². The minimum absolute atomic E-state index is 0.303. The van der Waals surface area contributed by atoms with Crippen molar-refractivity contribution in [2.75, 3.05) is 23.3 Å². The van der Waals surface area contributed by atoms with Crippen molar-refractivity contribution in [3.8, 4) is 0 Å². The maximum Gasteiger partial charge on any atom is 0.501 e. The van der Waals surface area contributed by atoms with Gasteiger partial charge in [-0.1, -0.05) is 36.7 Å². The SMILES string of the molecule is C[C@H]1CN(c2ncccc2Cl)CC=C1C(=O)Nc1ccccc1S(=O)(=O)C(F)(F)F. The molecule has 0 unspecified atom stereocenters. The normalized spacial score (nSPS) is 17.4. The van der Waals surface area contributed by atoms with Crippen LogP contribution < -0.4 is 10.2 Å². The summed E-state index contributed by atoms with van der Waals surface area (Å²) in [5.41, 5.74) is -5.58. The van der Waals surface area contributed by atoms with Crippen molar-refractivity contribution in [2.24, 2.45) is 5.92 Å². The molecule has 0 saturated heterocycles. The third-order valence-electron chi connectivity index (χ3n) is 4.59. The third-order valence-corrected chi connectivity index (χ3v) is 6.43. The summed E-state index contributed by atoms with van der Waals surface area (Å²) in [6.07, 6.45) is 3.21. The molecule has 1 aliphatic heterocycles. The Morgan fingerprint density at radius 2 is 1.93 bits per heavy atom. The lowest BCUT2D eigenvalue weighted by Gasteiger charge is -2.32. The minimum atomic E-state index is -5.61. The Balaban J connectivity index is 1.84. The van der Waals surface area contributed by atoms with Crippen molar-refractivity contribution >= 4 is 38.9 Å². The third kappa shape index (κ3) is 4.29. The number of para-hydroxylation sites is 1. The van der Waals surface area contributed by atoms with E-state index < -0.39 is 31.8 Å². The van der Waals surface area contributed by atoms with E-state index in [2.05, 4.69) is 10.3 Å². The lowest BCUT2D eigenvalue weighted by atomic mass is 9.95. The van der Waals surface area contributed by atoms with Gasteiger partial charge in [-0.15, -0.1) is 0 Å². The molecule has 11 heteroatoms. The Labute approximate surface area is 176 Å². The van der Waals surface area contributed by atoms with Crippen LogP contribution >= 0.6 is 11.6 Å². The number of anilines is 2. The first-order valence-corrected chi connectivity index (χ1v) is 10.7. The number of pyridine rings is 1. The van der Waals surface area contributed by atoms with Crippen LogP contribution in [0.15, 0.2) is 59.1 Å². The minimum Gasteiger partial charge on any atom is -0.351 e. The highest BCUT2D eigenvalue weighted by molar-refractivity contribution is 7.92. The molecular weight excluding hydrogens is 443 g/mol. The van der Waals surface area contributed by atoms with E-state index >= 15 is 0 Å². The highest BCUT2D eigenvalue weighted by Crippen LogP contribution is 2.35. The number of carbonyl (C=O) groups excluding carboxylic acids is 1. The Morgan fingerprint density at radius 3 is 2.57 bits per heavy atom. The molecule has 1 aromatic carbocycles. The van der Waals surface area contributed by atoms with Gasteiger partial charge in [0.2, 0.25) is 0 Å². The second-order valence-corrected chi connectivity index (χ2v) is 8.99. The summed E-state index contributed by atoms with van der Waals surface area (Å²) in [6, 6.07) is 7.81. The summed E-state index contributed by atoms with van der Waals surface area (Å²) in [5.74, 6) is -0.411. The molecule has 6 nitrogen and oxygen atoms in total. The molecule has 1 aromatic heterocycles. The number of rotatable bonds is 4. The molecule has 2 aromatic rings. The lowest BCUT2D eigenvalue weighted by Crippen LogP contribution is -2.37. The molecule has 1 atom stereocenters. The highest BCUT2D eigenvalue weighted by atomic mass is 35.5. The van der Waals surface area contributed by atoms with Crippen LogP contribution in [0, 0.1) is 5.92 Å². The summed E-state index contributed by atoms with van der Waals surface area (Å²) in [6.45, 7) is 2.48. The number of nitrogens with one attached hydrogen (secondary N) is 1. The zero-order valence-electron chi connectivity index (χ0n) is 15.6. The molecule has 0 radical (unpaired) electrons. The van der Waals surface area contributed by atoms with E-state index in [1.54, 1.807) is 31.3 Å². The molecule has 160 valence electrons. The summed E-state index contributed by atoms with van der Waals surface area (Å²) in [5, 5.41) is 2.76. The van der Waals surface area contributed by atoms with Gasteiger partial charge < -0.3 is 10.2 Å². The number of hydrogen-bond acceptors (Lipinski definition) is 5. The number of nitrogens with zero attached hydrogens (tertiary/aromatic N) is 2. The maximum atomic E-state index is 13.0. The molecule has 1 aliphatic rings. The number of amides is 1. The summed E-state index contributed by atoms with van der Waals surface area (Å²) >= 11 is 6.16. The van der Waals surface area contributed by atoms with Gasteiger partial charge in [0.25, 0.3) is 15.7 Å². The summed E-state index contributed by atoms with van der Waals surface area (Å²) in [4.78, 5) is 17.8. The monoisotopic (exact) mass is 459 g/mol. The number of benzene rings is 1. The van der Waals surface area contributed by atoms with E-state index in [4.69, 9.17) is 11.6 Å². The predicted molar refractivity (Wildman–Crippen MR) is 107 cm³/mol. The number of carbonyl (C=O) groups is 1. The van der Waals surface area contributed by atoms with Gasteiger partial charge >= 0.3 is 5.51 Å². The first kappa shape index (κ1) is 22.1. The predicted octanol–water partition coefficient (Wildman–Crippen LogP) is 4.05. The van der Waals surface area contributed by atoms with E-state index in [-0.39, 0.29) is 5.92 Å². The van der Waals surface area contributed by atoms with Crippen LogP contribution in [0.25, 0.3) is 0 Å². The van der Waals surface area contributed by atoms with Gasteiger partial charge in [0.1, 0.15) is 5.82 Å². The number of aromatic nitrogens is 1. The molecule has 0 bridgehead atoms. The van der Waals surface area contributed by atoms with Gasteiger partial charge in [0.05, 0.1) is 15.6 Å². The Kier molecular flexibility index (Phi) is 6.09. The molecule has 3 rings (SSSR count). The summed E-state index contributed by atoms with van der Waals surface area (Å²) in [7, 11) is -5.61. The first-order valence-electron chi connectivity index (χ1n) is 8.79. The van der Waals surface area contributed by atoms with Crippen LogP contribution in [-0.4, -0.2) is 37.9 Å². The largest absolute Gasteiger partial charge is 0.501 e. The van der Waals surface area contributed by atoms with E-state index in [9.17, 15) is 26.4 Å². The molecule has 0 aliphatic carbocycles. The van der Waals surface area contributed by atoms with Gasteiger partial charge in [0.15, 0.2) is 0 Å². The molecule has 30 heavy (non-hydrogen) atoms. The molecule has 1 amide bonds. The Bertz CT molecular complexity index is 1100. The highest BCUT2D eigenvalue weighted by Gasteiger charge is 2.48. The fourth-order valence-corrected chi connectivity index (χ4v) is 4.29. The Morgan fingerprint density at radius 1 is 1.23 bits per heavy atom. The van der Waals surface area contributed by atoms with Crippen molar-refractivity contribution in [1.29, 1.82) is 0 Å². The zero-order chi connectivity index (χ0) is 22.1. The van der Waals surface area contributed by atoms with Gasteiger partial charge in [0, 0.05) is 30.8 Å². The van der Waals surface area contributed by atoms with Crippen LogP contribution in [0.3, 0.4) is 0 Å². The van der Waals surface area contributed by atoms with Gasteiger partial charge in [-0.3, -0.25) is 4.79 Å². The lowest BCUT2D eigenvalue weighted by molar-refractivity contribution is -0.113. The maximum absolute atomic E-state index is 13.0. The zero-order valence-corrected chi connectivity index (χ0v) is 17.2.